The number of aryl methyl sites for hydroxylation is 1. The van der Waals surface area contributed by atoms with Crippen molar-refractivity contribution in [2.45, 2.75) is 26.7 Å². The molecule has 1 rings (SSSR count). The van der Waals surface area contributed by atoms with Crippen LogP contribution >= 0.6 is 22.6 Å². The SMILES string of the molecule is Cc1[nH]c(C(=O)O)c(C(C)C)c1I. The van der Waals surface area contributed by atoms with E-state index in [4.69, 9.17) is 5.11 Å². The van der Waals surface area contributed by atoms with Gasteiger partial charge >= 0.3 is 5.97 Å². The van der Waals surface area contributed by atoms with E-state index in [-0.39, 0.29) is 5.92 Å². The predicted molar refractivity (Wildman–Crippen MR) is 59.3 cm³/mol. The highest BCUT2D eigenvalue weighted by Crippen LogP contribution is 2.27. The van der Waals surface area contributed by atoms with Gasteiger partial charge in [0.1, 0.15) is 5.69 Å². The van der Waals surface area contributed by atoms with Crippen molar-refractivity contribution in [2.75, 3.05) is 0 Å². The van der Waals surface area contributed by atoms with Crippen LogP contribution in [-0.2, 0) is 0 Å². The first-order valence-corrected chi connectivity index (χ1v) is 5.14. The summed E-state index contributed by atoms with van der Waals surface area (Å²) >= 11 is 2.18. The molecule has 0 saturated carbocycles. The summed E-state index contributed by atoms with van der Waals surface area (Å²) in [5.74, 6) is -0.641. The van der Waals surface area contributed by atoms with Gasteiger partial charge in [0.2, 0.25) is 0 Å². The molecule has 0 aliphatic carbocycles. The van der Waals surface area contributed by atoms with Crippen molar-refractivity contribution < 1.29 is 9.90 Å². The summed E-state index contributed by atoms with van der Waals surface area (Å²) < 4.78 is 1.03. The average Bonchev–Trinajstić information content (AvgIpc) is 2.28. The number of hydrogen-bond donors (Lipinski definition) is 2. The van der Waals surface area contributed by atoms with Crippen LogP contribution in [-0.4, -0.2) is 16.1 Å². The maximum atomic E-state index is 10.9. The Morgan fingerprint density at radius 1 is 1.54 bits per heavy atom. The third-order valence-electron chi connectivity index (χ3n) is 1.94. The Bertz CT molecular complexity index is 342. The van der Waals surface area contributed by atoms with E-state index < -0.39 is 5.97 Å². The van der Waals surface area contributed by atoms with Crippen LogP contribution in [0.1, 0.15) is 41.5 Å². The molecule has 1 aromatic heterocycles. The fraction of sp³-hybridized carbons (Fsp3) is 0.444. The maximum Gasteiger partial charge on any atom is 0.352 e. The smallest absolute Gasteiger partial charge is 0.352 e. The lowest BCUT2D eigenvalue weighted by Crippen LogP contribution is -2.03. The van der Waals surface area contributed by atoms with E-state index in [1.807, 2.05) is 20.8 Å². The molecule has 3 nitrogen and oxygen atoms in total. The van der Waals surface area contributed by atoms with E-state index >= 15 is 0 Å². The van der Waals surface area contributed by atoms with Crippen LogP contribution in [0.2, 0.25) is 0 Å². The number of H-pyrrole nitrogens is 1. The summed E-state index contributed by atoms with van der Waals surface area (Å²) in [7, 11) is 0. The normalized spacial score (nSPS) is 10.8. The lowest BCUT2D eigenvalue weighted by atomic mass is 10.0. The summed E-state index contributed by atoms with van der Waals surface area (Å²) in [4.78, 5) is 13.7. The van der Waals surface area contributed by atoms with Crippen molar-refractivity contribution in [2.24, 2.45) is 0 Å². The lowest BCUT2D eigenvalue weighted by Gasteiger charge is -2.04. The number of hydrogen-bond acceptors (Lipinski definition) is 1. The number of aromatic nitrogens is 1. The van der Waals surface area contributed by atoms with Crippen LogP contribution in [0.3, 0.4) is 0 Å². The Morgan fingerprint density at radius 2 is 2.08 bits per heavy atom. The van der Waals surface area contributed by atoms with Gasteiger partial charge in [0, 0.05) is 14.8 Å². The van der Waals surface area contributed by atoms with Gasteiger partial charge in [-0.1, -0.05) is 13.8 Å². The molecule has 0 atom stereocenters. The number of aromatic amines is 1. The minimum Gasteiger partial charge on any atom is -0.477 e. The van der Waals surface area contributed by atoms with Crippen LogP contribution in [0.5, 0.6) is 0 Å². The van der Waals surface area contributed by atoms with E-state index in [2.05, 4.69) is 27.6 Å². The number of halogens is 1. The molecule has 0 unspecified atom stereocenters. The molecule has 0 bridgehead atoms. The number of carboxylic acids is 1. The molecule has 1 aromatic rings. The molecule has 0 aliphatic rings. The molecular formula is C9H12INO2. The Balaban J connectivity index is 3.35. The highest BCUT2D eigenvalue weighted by Gasteiger charge is 2.20. The summed E-state index contributed by atoms with van der Waals surface area (Å²) in [5, 5.41) is 8.92. The first-order valence-electron chi connectivity index (χ1n) is 4.06. The highest BCUT2D eigenvalue weighted by atomic mass is 127. The third kappa shape index (κ3) is 1.87. The molecule has 13 heavy (non-hydrogen) atoms. The van der Waals surface area contributed by atoms with E-state index in [0.717, 1.165) is 14.8 Å². The fourth-order valence-corrected chi connectivity index (χ4v) is 2.36. The van der Waals surface area contributed by atoms with Crippen molar-refractivity contribution >= 4 is 28.6 Å². The zero-order chi connectivity index (χ0) is 10.2. The Labute approximate surface area is 90.7 Å². The minimum absolute atomic E-state index is 0.239. The van der Waals surface area contributed by atoms with Crippen molar-refractivity contribution in [3.63, 3.8) is 0 Å². The van der Waals surface area contributed by atoms with Gasteiger partial charge in [0.15, 0.2) is 0 Å². The lowest BCUT2D eigenvalue weighted by molar-refractivity contribution is 0.0689. The monoisotopic (exact) mass is 293 g/mol. The first kappa shape index (κ1) is 10.6. The highest BCUT2D eigenvalue weighted by molar-refractivity contribution is 14.1. The molecule has 0 aromatic carbocycles. The Kier molecular flexibility index (Phi) is 3.00. The van der Waals surface area contributed by atoms with E-state index in [0.29, 0.717) is 5.69 Å². The molecule has 72 valence electrons. The van der Waals surface area contributed by atoms with Crippen LogP contribution in [0.15, 0.2) is 0 Å². The number of rotatable bonds is 2. The molecular weight excluding hydrogens is 281 g/mol. The third-order valence-corrected chi connectivity index (χ3v) is 3.33. The maximum absolute atomic E-state index is 10.9. The molecule has 4 heteroatoms. The Morgan fingerprint density at radius 3 is 2.38 bits per heavy atom. The van der Waals surface area contributed by atoms with E-state index in [1.54, 1.807) is 0 Å². The van der Waals surface area contributed by atoms with Crippen LogP contribution in [0.25, 0.3) is 0 Å². The van der Waals surface area contributed by atoms with E-state index in [1.165, 1.54) is 0 Å². The molecule has 1 heterocycles. The molecule has 0 aliphatic heterocycles. The van der Waals surface area contributed by atoms with E-state index in [9.17, 15) is 4.79 Å². The topological polar surface area (TPSA) is 53.1 Å². The van der Waals surface area contributed by atoms with Gasteiger partial charge in [-0.25, -0.2) is 4.79 Å². The molecule has 2 N–H and O–H groups in total. The molecule has 0 amide bonds. The number of nitrogens with one attached hydrogen (secondary N) is 1. The van der Waals surface area contributed by atoms with Crippen molar-refractivity contribution in [3.05, 3.63) is 20.5 Å². The minimum atomic E-state index is -0.880. The average molecular weight is 293 g/mol. The van der Waals surface area contributed by atoms with Crippen molar-refractivity contribution in [1.82, 2.24) is 4.98 Å². The second-order valence-electron chi connectivity index (χ2n) is 3.31. The van der Waals surface area contributed by atoms with Crippen molar-refractivity contribution in [1.29, 1.82) is 0 Å². The van der Waals surface area contributed by atoms with Crippen molar-refractivity contribution in [3.8, 4) is 0 Å². The number of carboxylic acid groups (broad SMARTS) is 1. The van der Waals surface area contributed by atoms with Crippen LogP contribution in [0.4, 0.5) is 0 Å². The van der Waals surface area contributed by atoms with Crippen LogP contribution < -0.4 is 0 Å². The van der Waals surface area contributed by atoms with Gasteiger partial charge in [-0.05, 0) is 35.4 Å². The van der Waals surface area contributed by atoms with Crippen LogP contribution in [0, 0.1) is 10.5 Å². The summed E-state index contributed by atoms with van der Waals surface area (Å²) in [6, 6.07) is 0. The summed E-state index contributed by atoms with van der Waals surface area (Å²) in [5.41, 5.74) is 2.17. The Hall–Kier alpha value is -0.520. The van der Waals surface area contributed by atoms with Gasteiger partial charge in [-0.15, -0.1) is 0 Å². The second kappa shape index (κ2) is 3.69. The zero-order valence-corrected chi connectivity index (χ0v) is 9.97. The largest absolute Gasteiger partial charge is 0.477 e. The fourth-order valence-electron chi connectivity index (χ4n) is 1.33. The first-order chi connectivity index (χ1) is 5.95. The predicted octanol–water partition coefficient (Wildman–Crippen LogP) is 2.75. The molecule has 0 fully saturated rings. The quantitative estimate of drug-likeness (QED) is 0.824. The molecule has 0 saturated heterocycles. The number of carbonyl (C=O) groups is 1. The molecule has 0 spiro atoms. The van der Waals surface area contributed by atoms with Gasteiger partial charge in [0.25, 0.3) is 0 Å². The van der Waals surface area contributed by atoms with Gasteiger partial charge in [-0.3, -0.25) is 0 Å². The standard InChI is InChI=1S/C9H12INO2/c1-4(2)6-7(10)5(3)11-8(6)9(12)13/h4,11H,1-3H3,(H,12,13). The summed E-state index contributed by atoms with van der Waals surface area (Å²) in [6.45, 7) is 5.88. The van der Waals surface area contributed by atoms with Gasteiger partial charge < -0.3 is 10.1 Å². The second-order valence-corrected chi connectivity index (χ2v) is 4.39. The summed E-state index contributed by atoms with van der Waals surface area (Å²) in [6.07, 6.45) is 0. The molecule has 0 radical (unpaired) electrons. The number of aromatic carboxylic acids is 1. The van der Waals surface area contributed by atoms with Gasteiger partial charge in [-0.2, -0.15) is 0 Å². The van der Waals surface area contributed by atoms with Gasteiger partial charge in [0.05, 0.1) is 0 Å². The zero-order valence-electron chi connectivity index (χ0n) is 7.81.